The molecule has 0 saturated carbocycles. The third-order valence-corrected chi connectivity index (χ3v) is 1.61. The molecule has 0 aliphatic carbocycles. The molecule has 0 aliphatic heterocycles. The van der Waals surface area contributed by atoms with Gasteiger partial charge in [0, 0.05) is 20.2 Å². The van der Waals surface area contributed by atoms with E-state index in [-0.39, 0.29) is 13.2 Å². The molecule has 7 nitrogen and oxygen atoms in total. The van der Waals surface area contributed by atoms with E-state index in [9.17, 15) is 9.59 Å². The van der Waals surface area contributed by atoms with Crippen LogP contribution in [0.3, 0.4) is 0 Å². The molecule has 7 heteroatoms. The number of amides is 2. The van der Waals surface area contributed by atoms with Gasteiger partial charge < -0.3 is 25.2 Å². The molecule has 88 valence electrons. The van der Waals surface area contributed by atoms with E-state index in [1.165, 1.54) is 12.0 Å². The number of carbonyl (C=O) groups excluding carboxylic acids is 1. The van der Waals surface area contributed by atoms with Crippen molar-refractivity contribution in [3.8, 4) is 0 Å². The third kappa shape index (κ3) is 6.69. The fraction of sp³-hybridized carbons (Fsp3) is 0.750. The van der Waals surface area contributed by atoms with Gasteiger partial charge in [0.05, 0.1) is 13.2 Å². The number of rotatable bonds is 7. The highest BCUT2D eigenvalue weighted by Crippen LogP contribution is 1.89. The number of aliphatic carboxylic acids is 1. The van der Waals surface area contributed by atoms with E-state index < -0.39 is 18.5 Å². The van der Waals surface area contributed by atoms with E-state index in [0.717, 1.165) is 0 Å². The summed E-state index contributed by atoms with van der Waals surface area (Å²) in [6, 6.07) is -0.525. The number of nitrogens with one attached hydrogen (secondary N) is 1. The van der Waals surface area contributed by atoms with Crippen LogP contribution >= 0.6 is 0 Å². The summed E-state index contributed by atoms with van der Waals surface area (Å²) >= 11 is 0. The van der Waals surface area contributed by atoms with Gasteiger partial charge in [-0.15, -0.1) is 0 Å². The number of methoxy groups -OCH3 is 1. The molecule has 0 aliphatic rings. The highest BCUT2D eigenvalue weighted by atomic mass is 16.5. The molecular formula is C8H16N2O5. The minimum atomic E-state index is -1.11. The standard InChI is InChI=1S/C8H16N2O5/c1-15-5-3-10(2-4-11)8(14)9-6-7(12)13/h11H,2-6H2,1H3,(H,9,14)(H,12,13). The minimum Gasteiger partial charge on any atom is -0.480 e. The van der Waals surface area contributed by atoms with E-state index in [2.05, 4.69) is 5.32 Å². The van der Waals surface area contributed by atoms with Gasteiger partial charge in [0.15, 0.2) is 0 Å². The van der Waals surface area contributed by atoms with Gasteiger partial charge in [-0.2, -0.15) is 0 Å². The van der Waals surface area contributed by atoms with Crippen molar-refractivity contribution in [1.29, 1.82) is 0 Å². The molecule has 0 fully saturated rings. The highest BCUT2D eigenvalue weighted by molar-refractivity contribution is 5.79. The molecule has 0 spiro atoms. The van der Waals surface area contributed by atoms with Gasteiger partial charge in [-0.05, 0) is 0 Å². The molecular weight excluding hydrogens is 204 g/mol. The molecule has 0 saturated heterocycles. The first-order chi connectivity index (χ1) is 7.11. The number of carboxylic acids is 1. The number of nitrogens with zero attached hydrogens (tertiary/aromatic N) is 1. The number of ether oxygens (including phenoxy) is 1. The van der Waals surface area contributed by atoms with Crippen LogP contribution in [0, 0.1) is 0 Å². The molecule has 0 rings (SSSR count). The quantitative estimate of drug-likeness (QED) is 0.496. The normalized spacial score (nSPS) is 9.73. The topological polar surface area (TPSA) is 99.1 Å². The van der Waals surface area contributed by atoms with Crippen molar-refractivity contribution < 1.29 is 24.5 Å². The molecule has 0 radical (unpaired) electrons. The zero-order valence-electron chi connectivity index (χ0n) is 8.60. The monoisotopic (exact) mass is 220 g/mol. The van der Waals surface area contributed by atoms with Crippen molar-refractivity contribution in [3.05, 3.63) is 0 Å². The van der Waals surface area contributed by atoms with E-state index in [0.29, 0.717) is 13.2 Å². The number of urea groups is 1. The van der Waals surface area contributed by atoms with Crippen LogP contribution in [0.5, 0.6) is 0 Å². The van der Waals surface area contributed by atoms with Crippen molar-refractivity contribution in [2.45, 2.75) is 0 Å². The molecule has 0 heterocycles. The number of carboxylic acid groups (broad SMARTS) is 1. The lowest BCUT2D eigenvalue weighted by Crippen LogP contribution is -2.44. The molecule has 0 aromatic heterocycles. The van der Waals surface area contributed by atoms with E-state index in [4.69, 9.17) is 14.9 Å². The number of carbonyl (C=O) groups is 2. The SMILES string of the molecule is COCCN(CCO)C(=O)NCC(=O)O. The molecule has 0 unspecified atom stereocenters. The Kier molecular flexibility index (Phi) is 7.29. The number of aliphatic hydroxyl groups excluding tert-OH is 1. The lowest BCUT2D eigenvalue weighted by Gasteiger charge is -2.21. The highest BCUT2D eigenvalue weighted by Gasteiger charge is 2.12. The first-order valence-electron chi connectivity index (χ1n) is 4.46. The zero-order valence-corrected chi connectivity index (χ0v) is 8.60. The molecule has 0 aromatic rings. The molecule has 0 bridgehead atoms. The number of hydrogen-bond donors (Lipinski definition) is 3. The maximum absolute atomic E-state index is 11.3. The largest absolute Gasteiger partial charge is 0.480 e. The molecule has 15 heavy (non-hydrogen) atoms. The average Bonchev–Trinajstić information content (AvgIpc) is 2.20. The molecule has 2 amide bonds. The summed E-state index contributed by atoms with van der Waals surface area (Å²) < 4.78 is 4.77. The van der Waals surface area contributed by atoms with Crippen LogP contribution in [-0.2, 0) is 9.53 Å². The summed E-state index contributed by atoms with van der Waals surface area (Å²) in [5.74, 6) is -1.11. The van der Waals surface area contributed by atoms with E-state index in [1.807, 2.05) is 0 Å². The second-order valence-electron chi connectivity index (χ2n) is 2.76. The van der Waals surface area contributed by atoms with Gasteiger partial charge in [-0.1, -0.05) is 0 Å². The Bertz CT molecular complexity index is 209. The Morgan fingerprint density at radius 1 is 1.40 bits per heavy atom. The van der Waals surface area contributed by atoms with Crippen molar-refractivity contribution in [1.82, 2.24) is 10.2 Å². The second kappa shape index (κ2) is 8.01. The first-order valence-corrected chi connectivity index (χ1v) is 4.46. The van der Waals surface area contributed by atoms with Crippen molar-refractivity contribution in [2.75, 3.05) is 40.0 Å². The van der Waals surface area contributed by atoms with E-state index >= 15 is 0 Å². The summed E-state index contributed by atoms with van der Waals surface area (Å²) in [6.45, 7) is 0.176. The van der Waals surface area contributed by atoms with Crippen LogP contribution in [0.25, 0.3) is 0 Å². The second-order valence-corrected chi connectivity index (χ2v) is 2.76. The van der Waals surface area contributed by atoms with E-state index in [1.54, 1.807) is 0 Å². The van der Waals surface area contributed by atoms with Gasteiger partial charge in [0.1, 0.15) is 6.54 Å². The van der Waals surface area contributed by atoms with Gasteiger partial charge in [0.2, 0.25) is 0 Å². The smallest absolute Gasteiger partial charge is 0.323 e. The van der Waals surface area contributed by atoms with Gasteiger partial charge >= 0.3 is 12.0 Å². The number of aliphatic hydroxyl groups is 1. The van der Waals surface area contributed by atoms with Crippen molar-refractivity contribution in [3.63, 3.8) is 0 Å². The predicted molar refractivity (Wildman–Crippen MR) is 51.6 cm³/mol. The average molecular weight is 220 g/mol. The molecule has 0 aromatic carbocycles. The maximum Gasteiger partial charge on any atom is 0.323 e. The van der Waals surface area contributed by atoms with Crippen molar-refractivity contribution >= 4 is 12.0 Å². The van der Waals surface area contributed by atoms with Crippen LogP contribution in [0.15, 0.2) is 0 Å². The molecule has 3 N–H and O–H groups in total. The summed E-state index contributed by atoms with van der Waals surface area (Å²) in [5, 5.41) is 19.2. The lowest BCUT2D eigenvalue weighted by atomic mass is 10.5. The fourth-order valence-electron chi connectivity index (χ4n) is 0.900. The Morgan fingerprint density at radius 3 is 2.53 bits per heavy atom. The Labute approximate surface area is 87.6 Å². The Hall–Kier alpha value is -1.34. The Morgan fingerprint density at radius 2 is 2.07 bits per heavy atom. The van der Waals surface area contributed by atoms with Gasteiger partial charge in [-0.3, -0.25) is 4.79 Å². The lowest BCUT2D eigenvalue weighted by molar-refractivity contribution is -0.135. The summed E-state index contributed by atoms with van der Waals surface area (Å²) in [5.41, 5.74) is 0. The summed E-state index contributed by atoms with van der Waals surface area (Å²) in [4.78, 5) is 22.8. The summed E-state index contributed by atoms with van der Waals surface area (Å²) in [6.07, 6.45) is 0. The van der Waals surface area contributed by atoms with Crippen LogP contribution in [-0.4, -0.2) is 67.1 Å². The van der Waals surface area contributed by atoms with Crippen LogP contribution in [0.4, 0.5) is 4.79 Å². The third-order valence-electron chi connectivity index (χ3n) is 1.61. The van der Waals surface area contributed by atoms with Gasteiger partial charge in [0.25, 0.3) is 0 Å². The van der Waals surface area contributed by atoms with Crippen LogP contribution in [0.1, 0.15) is 0 Å². The minimum absolute atomic E-state index is 0.148. The summed E-state index contributed by atoms with van der Waals surface area (Å²) in [7, 11) is 1.49. The molecule has 0 atom stereocenters. The zero-order chi connectivity index (χ0) is 11.7. The van der Waals surface area contributed by atoms with Gasteiger partial charge in [-0.25, -0.2) is 4.79 Å². The first kappa shape index (κ1) is 13.7. The predicted octanol–water partition coefficient (Wildman–Crippen LogP) is -1.28. The van der Waals surface area contributed by atoms with Crippen molar-refractivity contribution in [2.24, 2.45) is 0 Å². The number of hydrogen-bond acceptors (Lipinski definition) is 4. The van der Waals surface area contributed by atoms with Crippen LogP contribution in [0.2, 0.25) is 0 Å². The maximum atomic E-state index is 11.3. The fourth-order valence-corrected chi connectivity index (χ4v) is 0.900. The Balaban J connectivity index is 3.97. The van der Waals surface area contributed by atoms with Crippen LogP contribution < -0.4 is 5.32 Å².